The van der Waals surface area contributed by atoms with Crippen molar-refractivity contribution >= 4 is 41.1 Å². The van der Waals surface area contributed by atoms with Gasteiger partial charge in [-0.1, -0.05) is 30.7 Å². The number of rotatable bonds is 6. The average molecular weight is 525 g/mol. The maximum atomic E-state index is 14.0. The molecule has 3 heterocycles. The number of amides is 3. The Morgan fingerprint density at radius 2 is 1.95 bits per heavy atom. The van der Waals surface area contributed by atoms with Crippen LogP contribution in [-0.2, 0) is 9.59 Å². The van der Waals surface area contributed by atoms with E-state index >= 15 is 0 Å². The van der Waals surface area contributed by atoms with Crippen LogP contribution < -0.4 is 10.2 Å². The van der Waals surface area contributed by atoms with Gasteiger partial charge in [0.1, 0.15) is 18.0 Å². The third-order valence-electron chi connectivity index (χ3n) is 7.95. The monoisotopic (exact) mass is 524 g/mol. The molecule has 11 heteroatoms. The van der Waals surface area contributed by atoms with Crippen molar-refractivity contribution in [2.75, 3.05) is 29.9 Å². The second kappa shape index (κ2) is 9.16. The lowest BCUT2D eigenvalue weighted by Crippen LogP contribution is -2.52. The summed E-state index contributed by atoms with van der Waals surface area (Å²) < 4.78 is 0. The summed E-state index contributed by atoms with van der Waals surface area (Å²) in [5.74, 6) is 0.725. The van der Waals surface area contributed by atoms with Crippen molar-refractivity contribution in [3.63, 3.8) is 0 Å². The lowest BCUT2D eigenvalue weighted by Gasteiger charge is -2.38. The van der Waals surface area contributed by atoms with Gasteiger partial charge < -0.3 is 25.1 Å². The first-order chi connectivity index (χ1) is 17.8. The molecule has 4 aliphatic rings. The van der Waals surface area contributed by atoms with Gasteiger partial charge in [-0.3, -0.25) is 9.59 Å². The van der Waals surface area contributed by atoms with Crippen molar-refractivity contribution < 1.29 is 19.5 Å². The van der Waals surface area contributed by atoms with Gasteiger partial charge in [0, 0.05) is 42.7 Å². The van der Waals surface area contributed by atoms with Crippen LogP contribution in [-0.4, -0.2) is 80.5 Å². The Kier molecular flexibility index (Phi) is 5.94. The lowest BCUT2D eigenvalue weighted by atomic mass is 9.94. The van der Waals surface area contributed by atoms with Crippen molar-refractivity contribution in [3.05, 3.63) is 46.7 Å². The fourth-order valence-electron chi connectivity index (χ4n) is 5.84. The minimum Gasteiger partial charge on any atom is -0.465 e. The predicted octanol–water partition coefficient (Wildman–Crippen LogP) is 3.29. The Hall–Kier alpha value is -3.40. The van der Waals surface area contributed by atoms with Gasteiger partial charge in [0.15, 0.2) is 0 Å². The quantitative estimate of drug-likeness (QED) is 0.595. The Bertz CT molecular complexity index is 1250. The molecule has 10 nitrogen and oxygen atoms in total. The van der Waals surface area contributed by atoms with Crippen LogP contribution in [0.25, 0.3) is 0 Å². The zero-order chi connectivity index (χ0) is 25.8. The molecule has 2 unspecified atom stereocenters. The Balaban J connectivity index is 1.24. The van der Waals surface area contributed by atoms with Crippen LogP contribution in [0.2, 0.25) is 5.02 Å². The maximum absolute atomic E-state index is 14.0. The average Bonchev–Trinajstić information content (AvgIpc) is 3.78. The largest absolute Gasteiger partial charge is 0.465 e. The van der Waals surface area contributed by atoms with Crippen LogP contribution in [0, 0.1) is 0 Å². The molecule has 2 aromatic rings. The molecule has 2 saturated carbocycles. The molecule has 4 atom stereocenters. The van der Waals surface area contributed by atoms with Crippen molar-refractivity contribution in [1.29, 1.82) is 0 Å². The number of nitrogens with zero attached hydrogens (tertiary/aromatic N) is 5. The summed E-state index contributed by atoms with van der Waals surface area (Å²) in [6.45, 7) is 3.27. The summed E-state index contributed by atoms with van der Waals surface area (Å²) >= 11 is 6.10. The molecule has 0 bridgehead atoms. The van der Waals surface area contributed by atoms with Gasteiger partial charge in [0.25, 0.3) is 0 Å². The zero-order valence-electron chi connectivity index (χ0n) is 20.5. The first kappa shape index (κ1) is 24.0. The minimum atomic E-state index is -0.988. The topological polar surface area (TPSA) is 119 Å². The second-order valence-corrected chi connectivity index (χ2v) is 10.9. The summed E-state index contributed by atoms with van der Waals surface area (Å²) in [7, 11) is 0. The molecule has 3 fully saturated rings. The highest BCUT2D eigenvalue weighted by Crippen LogP contribution is 2.44. The second-order valence-electron chi connectivity index (χ2n) is 10.5. The van der Waals surface area contributed by atoms with Gasteiger partial charge in [-0.2, -0.15) is 0 Å². The number of halogens is 1. The summed E-state index contributed by atoms with van der Waals surface area (Å²) in [4.78, 5) is 52.4. The third-order valence-corrected chi connectivity index (χ3v) is 8.20. The lowest BCUT2D eigenvalue weighted by molar-refractivity contribution is -0.134. The molecule has 3 amide bonds. The van der Waals surface area contributed by atoms with E-state index in [1.807, 2.05) is 24.0 Å². The molecule has 1 aromatic carbocycles. The fourth-order valence-corrected chi connectivity index (χ4v) is 5.97. The molecular formula is C26H29ClN6O4. The van der Waals surface area contributed by atoms with Crippen molar-refractivity contribution in [3.8, 4) is 0 Å². The van der Waals surface area contributed by atoms with Gasteiger partial charge in [0.05, 0.1) is 18.0 Å². The first-order valence-corrected chi connectivity index (χ1v) is 13.2. The number of carbonyl (C=O) groups excluding carboxylic acids is 2. The molecule has 2 aliphatic heterocycles. The molecule has 1 aromatic heterocycles. The number of hydrogen-bond acceptors (Lipinski definition) is 6. The van der Waals surface area contributed by atoms with Crippen molar-refractivity contribution in [2.24, 2.45) is 0 Å². The number of aromatic nitrogens is 2. The molecule has 2 N–H and O–H groups in total. The summed E-state index contributed by atoms with van der Waals surface area (Å²) in [6, 6.07) is 7.28. The van der Waals surface area contributed by atoms with E-state index in [1.165, 1.54) is 11.2 Å². The van der Waals surface area contributed by atoms with Gasteiger partial charge in [-0.05, 0) is 42.9 Å². The first-order valence-electron chi connectivity index (χ1n) is 12.8. The van der Waals surface area contributed by atoms with Gasteiger partial charge >= 0.3 is 6.09 Å². The highest BCUT2D eigenvalue weighted by Gasteiger charge is 2.53. The summed E-state index contributed by atoms with van der Waals surface area (Å²) in [5.41, 5.74) is 1.73. The number of carbonyl (C=O) groups is 3. The molecule has 1 saturated heterocycles. The van der Waals surface area contributed by atoms with E-state index in [4.69, 9.17) is 11.6 Å². The van der Waals surface area contributed by atoms with E-state index in [-0.39, 0.29) is 42.4 Å². The predicted molar refractivity (Wildman–Crippen MR) is 137 cm³/mol. The van der Waals surface area contributed by atoms with Crippen molar-refractivity contribution in [1.82, 2.24) is 19.8 Å². The molecule has 194 valence electrons. The normalized spacial score (nSPS) is 25.0. The van der Waals surface area contributed by atoms with Gasteiger partial charge in [0.2, 0.25) is 11.8 Å². The van der Waals surface area contributed by atoms with Crippen molar-refractivity contribution in [2.45, 2.75) is 62.6 Å². The molecule has 0 spiro atoms. The number of fused-ring (bicyclic) bond motifs is 2. The van der Waals surface area contributed by atoms with Crippen LogP contribution in [0.4, 0.5) is 16.4 Å². The molecule has 37 heavy (non-hydrogen) atoms. The minimum absolute atomic E-state index is 0.00974. The van der Waals surface area contributed by atoms with Crippen LogP contribution in [0.5, 0.6) is 0 Å². The van der Waals surface area contributed by atoms with Gasteiger partial charge in [-0.15, -0.1) is 0 Å². The van der Waals surface area contributed by atoms with E-state index < -0.39 is 12.0 Å². The maximum Gasteiger partial charge on any atom is 0.407 e. The number of anilines is 2. The number of piperazine rings is 1. The zero-order valence-corrected chi connectivity index (χ0v) is 21.3. The Labute approximate surface area is 219 Å². The molecule has 6 rings (SSSR count). The van der Waals surface area contributed by atoms with E-state index in [1.54, 1.807) is 12.1 Å². The third kappa shape index (κ3) is 4.47. The SMILES string of the molecule is CC1CC(=O)Nc2ncnc(N3CCN(C(=O)C(CN(C(=O)O)C4CC4)c4ccc(Cl)cc4)[C@@H]4C[C@@H]43)c21. The molecule has 0 radical (unpaired) electrons. The van der Waals surface area contributed by atoms with Crippen LogP contribution in [0.1, 0.15) is 55.6 Å². The number of nitrogens with one attached hydrogen (secondary N) is 1. The molecular weight excluding hydrogens is 496 g/mol. The van der Waals surface area contributed by atoms with Gasteiger partial charge in [-0.25, -0.2) is 14.8 Å². The number of benzene rings is 1. The number of carboxylic acid groups (broad SMARTS) is 1. The smallest absolute Gasteiger partial charge is 0.407 e. The highest BCUT2D eigenvalue weighted by atomic mass is 35.5. The van der Waals surface area contributed by atoms with Crippen LogP contribution in [0.3, 0.4) is 0 Å². The Morgan fingerprint density at radius 1 is 1.19 bits per heavy atom. The van der Waals surface area contributed by atoms with E-state index in [2.05, 4.69) is 20.2 Å². The summed E-state index contributed by atoms with van der Waals surface area (Å²) in [5, 5.41) is 13.2. The van der Waals surface area contributed by atoms with Crippen LogP contribution in [0.15, 0.2) is 30.6 Å². The fraction of sp³-hybridized carbons (Fsp3) is 0.500. The summed E-state index contributed by atoms with van der Waals surface area (Å²) in [6.07, 6.45) is 3.38. The van der Waals surface area contributed by atoms with Crippen LogP contribution >= 0.6 is 11.6 Å². The molecule has 2 aliphatic carbocycles. The van der Waals surface area contributed by atoms with E-state index in [9.17, 15) is 19.5 Å². The number of hydrogen-bond donors (Lipinski definition) is 2. The van der Waals surface area contributed by atoms with E-state index in [0.29, 0.717) is 30.4 Å². The Morgan fingerprint density at radius 3 is 2.65 bits per heavy atom. The highest BCUT2D eigenvalue weighted by molar-refractivity contribution is 6.30. The standard InChI is InChI=1S/C26H29ClN6O4/c1-14-10-21(34)30-23-22(14)24(29-13-28-23)31-8-9-32(20-11-19(20)31)25(35)18(15-2-4-16(27)5-3-15)12-33(26(36)37)17-6-7-17/h2-5,13-14,17-20H,6-12H2,1H3,(H,36,37)(H,28,29,30,34)/t14?,18?,19-,20+/m0/s1. The van der Waals surface area contributed by atoms with E-state index in [0.717, 1.165) is 36.2 Å².